The van der Waals surface area contributed by atoms with E-state index in [4.69, 9.17) is 4.74 Å². The van der Waals surface area contributed by atoms with E-state index in [1.165, 1.54) is 0 Å². The van der Waals surface area contributed by atoms with E-state index in [2.05, 4.69) is 14.8 Å². The van der Waals surface area contributed by atoms with Gasteiger partial charge in [-0.25, -0.2) is 8.78 Å². The Balaban J connectivity index is 0.00000289. The zero-order valence-electron chi connectivity index (χ0n) is 22.0. The van der Waals surface area contributed by atoms with Crippen LogP contribution in [0.25, 0.3) is 10.9 Å². The van der Waals surface area contributed by atoms with Crippen molar-refractivity contribution in [2.24, 2.45) is 0 Å². The first-order valence-electron chi connectivity index (χ1n) is 13.7. The van der Waals surface area contributed by atoms with Crippen LogP contribution in [-0.2, 0) is 0 Å². The van der Waals surface area contributed by atoms with E-state index >= 15 is 0 Å². The van der Waals surface area contributed by atoms with Crippen LogP contribution in [0.3, 0.4) is 0 Å². The number of hydrogen-bond donors (Lipinski definition) is 1. The zero-order chi connectivity index (χ0) is 26.6. The minimum atomic E-state index is -2.70. The highest BCUT2D eigenvalue weighted by molar-refractivity contribution is 5.85. The number of benzene rings is 3. The third kappa shape index (κ3) is 4.65. The molecular weight excluding hydrogens is 532 g/mol. The molecule has 1 N–H and O–H groups in total. The molecule has 1 unspecified atom stereocenters. The third-order valence-electron chi connectivity index (χ3n) is 8.58. The van der Waals surface area contributed by atoms with E-state index in [1.54, 1.807) is 6.20 Å². The smallest absolute Gasteiger partial charge is 0.263 e. The fraction of sp³-hybridized carbons (Fsp3) is 0.344. The summed E-state index contributed by atoms with van der Waals surface area (Å²) in [5.74, 6) is -3.46. The van der Waals surface area contributed by atoms with Crippen molar-refractivity contribution in [1.29, 1.82) is 0 Å². The van der Waals surface area contributed by atoms with Gasteiger partial charge in [-0.2, -0.15) is 0 Å². The third-order valence-corrected chi connectivity index (χ3v) is 8.58. The number of hydrogen-bond acceptors (Lipinski definition) is 5. The van der Waals surface area contributed by atoms with E-state index in [-0.39, 0.29) is 25.1 Å². The number of halogens is 3. The van der Waals surface area contributed by atoms with Gasteiger partial charge in [0.1, 0.15) is 18.5 Å². The number of ether oxygens (including phenoxy) is 1. The van der Waals surface area contributed by atoms with Gasteiger partial charge in [-0.3, -0.25) is 14.8 Å². The molecular formula is C32H32ClF2N3O2. The summed E-state index contributed by atoms with van der Waals surface area (Å²) < 4.78 is 35.9. The number of pyridine rings is 1. The molecule has 1 aromatic heterocycles. The van der Waals surface area contributed by atoms with Gasteiger partial charge in [0.05, 0.1) is 23.4 Å². The summed E-state index contributed by atoms with van der Waals surface area (Å²) in [6.45, 7) is 3.89. The van der Waals surface area contributed by atoms with Gasteiger partial charge < -0.3 is 9.84 Å². The highest BCUT2D eigenvalue weighted by Crippen LogP contribution is 2.70. The summed E-state index contributed by atoms with van der Waals surface area (Å²) in [5, 5.41) is 11.7. The number of piperazine rings is 1. The molecule has 5 nitrogen and oxygen atoms in total. The van der Waals surface area contributed by atoms with Crippen molar-refractivity contribution in [1.82, 2.24) is 14.8 Å². The number of aromatic nitrogens is 1. The van der Waals surface area contributed by atoms with Crippen molar-refractivity contribution in [2.45, 2.75) is 29.9 Å². The molecule has 7 rings (SSSR count). The summed E-state index contributed by atoms with van der Waals surface area (Å²) in [4.78, 5) is 9.04. The number of fused-ring (bicyclic) bond motifs is 6. The Labute approximate surface area is 238 Å². The maximum absolute atomic E-state index is 15.0. The Hall–Kier alpha value is -3.10. The largest absolute Gasteiger partial charge is 0.490 e. The molecule has 40 heavy (non-hydrogen) atoms. The van der Waals surface area contributed by atoms with Crippen LogP contribution in [0, 0.1) is 0 Å². The van der Waals surface area contributed by atoms with Crippen molar-refractivity contribution in [2.75, 3.05) is 39.3 Å². The maximum Gasteiger partial charge on any atom is 0.263 e. The quantitative estimate of drug-likeness (QED) is 0.329. The molecule has 0 radical (unpaired) electrons. The van der Waals surface area contributed by atoms with Crippen LogP contribution in [0.2, 0.25) is 0 Å². The Morgan fingerprint density at radius 2 is 1.45 bits per heavy atom. The van der Waals surface area contributed by atoms with E-state index < -0.39 is 23.9 Å². The number of aliphatic hydroxyl groups excluding tert-OH is 1. The number of β-amino-alcohol motifs (C(OH)–C–C–N with tert-alkyl or cyclic N) is 1. The molecule has 2 aliphatic carbocycles. The SMILES string of the molecule is Cl.O[C@@H](COc1cccc2ncccc12)CN1CCN(C2c3ccccc3[C@@H]3[C@H](c4ccccc42)C3(F)F)CC1. The second-order valence-corrected chi connectivity index (χ2v) is 10.9. The lowest BCUT2D eigenvalue weighted by atomic mass is 9.90. The summed E-state index contributed by atoms with van der Waals surface area (Å²) in [5.41, 5.74) is 4.44. The van der Waals surface area contributed by atoms with Gasteiger partial charge in [-0.15, -0.1) is 12.4 Å². The van der Waals surface area contributed by atoms with E-state index in [0.717, 1.165) is 65.1 Å². The molecule has 4 atom stereocenters. The fourth-order valence-corrected chi connectivity index (χ4v) is 6.69. The first-order valence-corrected chi connectivity index (χ1v) is 13.7. The predicted octanol–water partition coefficient (Wildman–Crippen LogP) is 5.63. The fourth-order valence-electron chi connectivity index (χ4n) is 6.69. The molecule has 3 aliphatic rings. The van der Waals surface area contributed by atoms with Crippen LogP contribution in [0.15, 0.2) is 85.1 Å². The molecule has 1 saturated heterocycles. The summed E-state index contributed by atoms with van der Waals surface area (Å²) >= 11 is 0. The number of aliphatic hydroxyl groups is 1. The van der Waals surface area contributed by atoms with Crippen molar-refractivity contribution < 1.29 is 18.6 Å². The lowest BCUT2D eigenvalue weighted by Crippen LogP contribution is -2.50. The van der Waals surface area contributed by atoms with E-state index in [9.17, 15) is 13.9 Å². The lowest BCUT2D eigenvalue weighted by molar-refractivity contribution is 0.0400. The second kappa shape index (κ2) is 10.7. The molecule has 1 aliphatic heterocycles. The zero-order valence-corrected chi connectivity index (χ0v) is 22.8. The number of nitrogens with zero attached hydrogens (tertiary/aromatic N) is 3. The molecule has 4 aromatic rings. The van der Waals surface area contributed by atoms with Gasteiger partial charge in [-0.05, 0) is 46.5 Å². The molecule has 208 valence electrons. The molecule has 1 saturated carbocycles. The van der Waals surface area contributed by atoms with Crippen molar-refractivity contribution >= 4 is 23.3 Å². The number of alkyl halides is 2. The van der Waals surface area contributed by atoms with E-state index in [1.807, 2.05) is 78.9 Å². The van der Waals surface area contributed by atoms with Crippen LogP contribution >= 0.6 is 12.4 Å². The molecule has 8 heteroatoms. The van der Waals surface area contributed by atoms with Crippen molar-refractivity contribution in [3.63, 3.8) is 0 Å². The lowest BCUT2D eigenvalue weighted by Gasteiger charge is -2.41. The van der Waals surface area contributed by atoms with Gasteiger partial charge in [0.2, 0.25) is 0 Å². The molecule has 3 aromatic carbocycles. The highest BCUT2D eigenvalue weighted by Gasteiger charge is 2.71. The maximum atomic E-state index is 15.0. The van der Waals surface area contributed by atoms with Gasteiger partial charge >= 0.3 is 0 Å². The first kappa shape index (κ1) is 27.1. The van der Waals surface area contributed by atoms with Gasteiger partial charge in [0.25, 0.3) is 5.92 Å². The Morgan fingerprint density at radius 1 is 0.825 bits per heavy atom. The standard InChI is InChI=1S/C32H31F2N3O2.ClH/c33-32(34)29-22-7-1-3-9-24(22)31(25-10-4-2-8-23(25)30(29)32)37-17-15-36(16-18-37)19-21(38)20-39-28-13-5-12-27-26(28)11-6-14-35-27;/h1-14,21,29-31,38H,15-20H2;1H/t21-,29-,30+,31?;/m1./s1. The monoisotopic (exact) mass is 563 g/mol. The Kier molecular flexibility index (Phi) is 7.25. The molecule has 0 spiro atoms. The van der Waals surface area contributed by atoms with E-state index in [0.29, 0.717) is 6.54 Å². The van der Waals surface area contributed by atoms with Crippen LogP contribution in [-0.4, -0.2) is 71.2 Å². The Morgan fingerprint density at radius 3 is 2.10 bits per heavy atom. The minimum Gasteiger partial charge on any atom is -0.490 e. The van der Waals surface area contributed by atoms with Gasteiger partial charge in [0.15, 0.2) is 0 Å². The average Bonchev–Trinajstić information content (AvgIpc) is 3.58. The van der Waals surface area contributed by atoms with Crippen LogP contribution in [0.4, 0.5) is 8.78 Å². The Bertz CT molecular complexity index is 1450. The first-order chi connectivity index (χ1) is 19.0. The van der Waals surface area contributed by atoms with Crippen LogP contribution in [0.1, 0.15) is 40.1 Å². The van der Waals surface area contributed by atoms with Crippen molar-refractivity contribution in [3.05, 3.63) is 107 Å². The normalized spacial score (nSPS) is 24.1. The average molecular weight is 564 g/mol. The second-order valence-electron chi connectivity index (χ2n) is 10.9. The molecule has 0 amide bonds. The summed E-state index contributed by atoms with van der Waals surface area (Å²) in [7, 11) is 0. The van der Waals surface area contributed by atoms with Crippen LogP contribution < -0.4 is 4.74 Å². The number of rotatable bonds is 6. The summed E-state index contributed by atoms with van der Waals surface area (Å²) in [6.07, 6.45) is 1.13. The van der Waals surface area contributed by atoms with Crippen molar-refractivity contribution in [3.8, 4) is 5.75 Å². The minimum absolute atomic E-state index is 0. The molecule has 0 bridgehead atoms. The highest BCUT2D eigenvalue weighted by atomic mass is 35.5. The van der Waals surface area contributed by atoms with Gasteiger partial charge in [-0.1, -0.05) is 54.6 Å². The molecule has 2 heterocycles. The van der Waals surface area contributed by atoms with Gasteiger partial charge in [0, 0.05) is 44.3 Å². The summed E-state index contributed by atoms with van der Waals surface area (Å²) in [6, 6.07) is 25.1. The van der Waals surface area contributed by atoms with Crippen LogP contribution in [0.5, 0.6) is 5.75 Å². The predicted molar refractivity (Wildman–Crippen MR) is 154 cm³/mol. The molecule has 2 fully saturated rings. The topological polar surface area (TPSA) is 48.8 Å².